The Kier molecular flexibility index (Phi) is 6.74. The molecule has 0 unspecified atom stereocenters. The Balaban J connectivity index is 1.65. The third-order valence-corrected chi connectivity index (χ3v) is 7.45. The number of β-amino-alcohol motifs (C(OH)–C–C–N with tert-alkyl or cyclic N) is 1. The fourth-order valence-corrected chi connectivity index (χ4v) is 5.29. The van der Waals surface area contributed by atoms with Crippen LogP contribution in [0.1, 0.15) is 32.1 Å². The summed E-state index contributed by atoms with van der Waals surface area (Å²) in [6, 6.07) is 3.17. The second-order valence-corrected chi connectivity index (χ2v) is 11.1. The summed E-state index contributed by atoms with van der Waals surface area (Å²) in [5, 5.41) is 10.5. The van der Waals surface area contributed by atoms with Crippen LogP contribution in [0.15, 0.2) is 23.3 Å². The molecule has 1 saturated heterocycles. The molecule has 2 aromatic heterocycles. The van der Waals surface area contributed by atoms with E-state index in [0.29, 0.717) is 11.9 Å². The normalized spacial score (nSPS) is 20.1. The van der Waals surface area contributed by atoms with Gasteiger partial charge in [-0.1, -0.05) is 11.6 Å². The number of aryl methyl sites for hydroxylation is 1. The summed E-state index contributed by atoms with van der Waals surface area (Å²) in [6.07, 6.45) is 3.48. The molecule has 1 aliphatic heterocycles. The van der Waals surface area contributed by atoms with Crippen molar-refractivity contribution >= 4 is 44.8 Å². The molecule has 2 atom stereocenters. The molecule has 0 radical (unpaired) electrons. The average molecular weight is 509 g/mol. The van der Waals surface area contributed by atoms with Crippen molar-refractivity contribution in [2.24, 2.45) is 10.9 Å². The van der Waals surface area contributed by atoms with Crippen molar-refractivity contribution in [3.63, 3.8) is 0 Å². The van der Waals surface area contributed by atoms with Crippen LogP contribution in [0.3, 0.4) is 0 Å². The maximum Gasteiger partial charge on any atom is 0.249 e. The van der Waals surface area contributed by atoms with Crippen molar-refractivity contribution in [1.82, 2.24) is 23.8 Å². The van der Waals surface area contributed by atoms with E-state index < -0.39 is 21.9 Å². The minimum atomic E-state index is -3.37. The van der Waals surface area contributed by atoms with E-state index in [1.165, 1.54) is 22.8 Å². The Labute approximate surface area is 202 Å². The number of piperidine rings is 1. The Morgan fingerprint density at radius 1 is 1.32 bits per heavy atom. The molecule has 1 N–H and O–H groups in total. The predicted octanol–water partition coefficient (Wildman–Crippen LogP) is 3.52. The van der Waals surface area contributed by atoms with Crippen LogP contribution in [0.25, 0.3) is 22.3 Å². The van der Waals surface area contributed by atoms with Crippen LogP contribution in [-0.4, -0.2) is 69.0 Å². The van der Waals surface area contributed by atoms with Gasteiger partial charge in [-0.3, -0.25) is 0 Å². The van der Waals surface area contributed by atoms with Gasteiger partial charge in [-0.2, -0.15) is 4.31 Å². The fourth-order valence-electron chi connectivity index (χ4n) is 4.24. The number of imidazole rings is 1. The Morgan fingerprint density at radius 2 is 2.06 bits per heavy atom. The van der Waals surface area contributed by atoms with E-state index in [2.05, 4.69) is 19.9 Å². The molecule has 182 valence electrons. The number of aromatic nitrogens is 4. The molecule has 0 bridgehead atoms. The van der Waals surface area contributed by atoms with E-state index in [1.54, 1.807) is 6.07 Å². The predicted molar refractivity (Wildman–Crippen MR) is 130 cm³/mol. The van der Waals surface area contributed by atoms with Gasteiger partial charge in [-0.15, -0.1) is 0 Å². The first-order valence-electron chi connectivity index (χ1n) is 10.8. The minimum absolute atomic E-state index is 0.00355. The lowest BCUT2D eigenvalue weighted by atomic mass is 9.96. The van der Waals surface area contributed by atoms with Crippen LogP contribution in [-0.2, 0) is 10.0 Å². The zero-order chi connectivity index (χ0) is 24.8. The highest BCUT2D eigenvalue weighted by atomic mass is 35.5. The van der Waals surface area contributed by atoms with Gasteiger partial charge in [-0.25, -0.2) is 32.8 Å². The molecule has 3 aromatic rings. The number of rotatable bonds is 5. The maximum atomic E-state index is 15.0. The third-order valence-electron chi connectivity index (χ3n) is 5.90. The molecule has 1 aromatic carbocycles. The van der Waals surface area contributed by atoms with E-state index >= 15 is 4.39 Å². The zero-order valence-electron chi connectivity index (χ0n) is 19.3. The smallest absolute Gasteiger partial charge is 0.249 e. The monoisotopic (exact) mass is 508 g/mol. The highest BCUT2D eigenvalue weighted by Gasteiger charge is 2.31. The van der Waals surface area contributed by atoms with Crippen molar-refractivity contribution < 1.29 is 17.9 Å². The number of benzene rings is 1. The number of fused-ring (bicyclic) bond motifs is 1. The van der Waals surface area contributed by atoms with Gasteiger partial charge in [0.2, 0.25) is 16.0 Å². The van der Waals surface area contributed by atoms with E-state index in [9.17, 15) is 13.5 Å². The third kappa shape index (κ3) is 4.83. The topological polar surface area (TPSA) is 114 Å². The van der Waals surface area contributed by atoms with Crippen LogP contribution >= 0.6 is 11.6 Å². The molecule has 0 spiro atoms. The molecule has 12 heteroatoms. The SMILES string of the molecule is Cc1nc2cc(F)c(-c3nc(/N=C/[C@@H]4CCN(S(C)(=O)=O)C[C@H]4O)ncc3Cl)cc2n1C(C)C. The summed E-state index contributed by atoms with van der Waals surface area (Å²) in [5.41, 5.74) is 1.72. The summed E-state index contributed by atoms with van der Waals surface area (Å²) in [4.78, 5) is 17.2. The van der Waals surface area contributed by atoms with E-state index in [4.69, 9.17) is 11.6 Å². The number of nitrogens with zero attached hydrogens (tertiary/aromatic N) is 6. The van der Waals surface area contributed by atoms with E-state index in [-0.39, 0.29) is 47.3 Å². The van der Waals surface area contributed by atoms with E-state index in [1.807, 2.05) is 25.3 Å². The highest BCUT2D eigenvalue weighted by Crippen LogP contribution is 2.33. The molecule has 1 fully saturated rings. The van der Waals surface area contributed by atoms with Crippen LogP contribution in [0.2, 0.25) is 5.02 Å². The van der Waals surface area contributed by atoms with Gasteiger partial charge >= 0.3 is 0 Å². The molecule has 0 aliphatic carbocycles. The summed E-state index contributed by atoms with van der Waals surface area (Å²) < 4.78 is 41.7. The first-order chi connectivity index (χ1) is 16.0. The molecular weight excluding hydrogens is 483 g/mol. The first kappa shape index (κ1) is 24.6. The maximum absolute atomic E-state index is 15.0. The van der Waals surface area contributed by atoms with Gasteiger partial charge in [0.25, 0.3) is 0 Å². The van der Waals surface area contributed by atoms with Crippen molar-refractivity contribution in [2.45, 2.75) is 39.3 Å². The summed E-state index contributed by atoms with van der Waals surface area (Å²) in [6.45, 7) is 6.20. The zero-order valence-corrected chi connectivity index (χ0v) is 20.8. The number of aliphatic hydroxyl groups excluding tert-OH is 1. The summed E-state index contributed by atoms with van der Waals surface area (Å²) in [7, 11) is -3.37. The Morgan fingerprint density at radius 3 is 2.71 bits per heavy atom. The Bertz CT molecular complexity index is 1370. The van der Waals surface area contributed by atoms with Crippen LogP contribution in [0.4, 0.5) is 10.3 Å². The van der Waals surface area contributed by atoms with Gasteiger partial charge in [0.15, 0.2) is 0 Å². The average Bonchev–Trinajstić information content (AvgIpc) is 3.07. The lowest BCUT2D eigenvalue weighted by Gasteiger charge is -2.32. The molecule has 1 aliphatic rings. The Hall–Kier alpha value is -2.47. The number of hydrogen-bond acceptors (Lipinski definition) is 7. The molecule has 4 rings (SSSR count). The molecule has 34 heavy (non-hydrogen) atoms. The standard InChI is InChI=1S/C22H26ClFN6O3S/c1-12(2)30-13(3)27-18-8-17(24)15(7-19(18)30)21-16(23)10-26-22(28-21)25-9-14-5-6-29(11-20(14)31)34(4,32)33/h7-10,12,14,20,31H,5-6,11H2,1-4H3/b25-9+/t14-,20+/m0/s1. The van der Waals surface area contributed by atoms with Crippen molar-refractivity contribution in [3.8, 4) is 11.3 Å². The van der Waals surface area contributed by atoms with Crippen molar-refractivity contribution in [1.29, 1.82) is 0 Å². The molecular formula is C22H26ClFN6O3S. The fraction of sp³-hybridized carbons (Fsp3) is 0.455. The second kappa shape index (κ2) is 9.29. The summed E-state index contributed by atoms with van der Waals surface area (Å²) >= 11 is 6.32. The molecule has 3 heterocycles. The lowest BCUT2D eigenvalue weighted by Crippen LogP contribution is -2.46. The highest BCUT2D eigenvalue weighted by molar-refractivity contribution is 7.88. The van der Waals surface area contributed by atoms with Crippen molar-refractivity contribution in [3.05, 3.63) is 35.0 Å². The number of aliphatic hydroxyl groups is 1. The molecule has 0 amide bonds. The number of sulfonamides is 1. The number of hydrogen-bond donors (Lipinski definition) is 1. The van der Waals surface area contributed by atoms with Gasteiger partial charge < -0.3 is 9.67 Å². The molecule has 9 nitrogen and oxygen atoms in total. The lowest BCUT2D eigenvalue weighted by molar-refractivity contribution is 0.0829. The largest absolute Gasteiger partial charge is 0.391 e. The van der Waals surface area contributed by atoms with Gasteiger partial charge in [0, 0.05) is 42.9 Å². The van der Waals surface area contributed by atoms with Crippen molar-refractivity contribution in [2.75, 3.05) is 19.3 Å². The quantitative estimate of drug-likeness (QED) is 0.527. The van der Waals surface area contributed by atoms with E-state index in [0.717, 1.165) is 17.6 Å². The minimum Gasteiger partial charge on any atom is -0.391 e. The van der Waals surface area contributed by atoms with Crippen LogP contribution in [0, 0.1) is 18.7 Å². The number of aliphatic imine (C=N–C) groups is 1. The van der Waals surface area contributed by atoms with Crippen LogP contribution in [0.5, 0.6) is 0 Å². The second-order valence-electron chi connectivity index (χ2n) is 8.73. The van der Waals surface area contributed by atoms with Crippen LogP contribution < -0.4 is 0 Å². The van der Waals surface area contributed by atoms with Gasteiger partial charge in [0.05, 0.1) is 40.3 Å². The molecule has 0 saturated carbocycles. The first-order valence-corrected chi connectivity index (χ1v) is 13.1. The van der Waals surface area contributed by atoms with Gasteiger partial charge in [-0.05, 0) is 33.3 Å². The summed E-state index contributed by atoms with van der Waals surface area (Å²) in [5.74, 6) is -0.0384. The van der Waals surface area contributed by atoms with Gasteiger partial charge in [0.1, 0.15) is 11.6 Å². The number of halogens is 2.